The molecular weight excluding hydrogens is 332 g/mol. The Kier molecular flexibility index (Phi) is 7.00. The maximum absolute atomic E-state index is 11.2. The Morgan fingerprint density at radius 3 is 2.50 bits per heavy atom. The van der Waals surface area contributed by atoms with Gasteiger partial charge in [0.05, 0.1) is 18.9 Å². The summed E-state index contributed by atoms with van der Waals surface area (Å²) in [6, 6.07) is 12.8. The standard InChI is InChI=1S/C20H26N2O4/c1-13(10-15-4-7-17(26-3)8-5-15)21-12-20(25)16-6-9-19(24)18(11-16)22-14(2)23/h4-9,11,13,20-21,24-25H,10,12H2,1-3H3,(H,22,23)/t13-,20+/m0/s1. The number of aliphatic hydroxyl groups excluding tert-OH is 1. The molecule has 0 aliphatic carbocycles. The number of nitrogens with one attached hydrogen (secondary N) is 2. The summed E-state index contributed by atoms with van der Waals surface area (Å²) < 4.78 is 5.15. The van der Waals surface area contributed by atoms with E-state index in [1.54, 1.807) is 19.2 Å². The van der Waals surface area contributed by atoms with Gasteiger partial charge >= 0.3 is 0 Å². The largest absolute Gasteiger partial charge is 0.506 e. The first-order valence-corrected chi connectivity index (χ1v) is 8.54. The monoisotopic (exact) mass is 358 g/mol. The first kappa shape index (κ1) is 19.8. The predicted octanol–water partition coefficient (Wildman–Crippen LogP) is 2.61. The summed E-state index contributed by atoms with van der Waals surface area (Å²) in [6.07, 6.45) is 0.0742. The van der Waals surface area contributed by atoms with Crippen LogP contribution in [0.5, 0.6) is 11.5 Å². The third-order valence-corrected chi connectivity index (χ3v) is 4.08. The summed E-state index contributed by atoms with van der Waals surface area (Å²) in [5, 5.41) is 26.0. The van der Waals surface area contributed by atoms with Crippen LogP contribution in [0.2, 0.25) is 0 Å². The maximum atomic E-state index is 11.2. The SMILES string of the molecule is COc1ccc(C[C@H](C)NC[C@@H](O)c2ccc(O)c(NC(C)=O)c2)cc1. The van der Waals surface area contributed by atoms with Crippen LogP contribution in [0.4, 0.5) is 5.69 Å². The molecule has 6 nitrogen and oxygen atoms in total. The highest BCUT2D eigenvalue weighted by molar-refractivity contribution is 5.90. The number of aromatic hydroxyl groups is 1. The molecule has 0 heterocycles. The lowest BCUT2D eigenvalue weighted by Crippen LogP contribution is -2.32. The molecule has 0 bridgehead atoms. The van der Waals surface area contributed by atoms with Gasteiger partial charge in [0.2, 0.25) is 5.91 Å². The van der Waals surface area contributed by atoms with E-state index in [1.165, 1.54) is 18.6 Å². The molecule has 0 radical (unpaired) electrons. The van der Waals surface area contributed by atoms with E-state index in [9.17, 15) is 15.0 Å². The Morgan fingerprint density at radius 2 is 1.88 bits per heavy atom. The molecule has 6 heteroatoms. The van der Waals surface area contributed by atoms with Gasteiger partial charge in [-0.05, 0) is 48.7 Å². The molecule has 2 atom stereocenters. The molecule has 0 aliphatic rings. The quantitative estimate of drug-likeness (QED) is 0.545. The molecule has 0 fully saturated rings. The minimum absolute atomic E-state index is 0.0306. The fourth-order valence-corrected chi connectivity index (χ4v) is 2.67. The number of hydrogen-bond donors (Lipinski definition) is 4. The van der Waals surface area contributed by atoms with Crippen LogP contribution in [0.25, 0.3) is 0 Å². The lowest BCUT2D eigenvalue weighted by atomic mass is 10.1. The molecule has 26 heavy (non-hydrogen) atoms. The normalized spacial score (nSPS) is 13.1. The lowest BCUT2D eigenvalue weighted by Gasteiger charge is -2.18. The zero-order valence-electron chi connectivity index (χ0n) is 15.3. The molecule has 0 aliphatic heterocycles. The van der Waals surface area contributed by atoms with Crippen molar-refractivity contribution in [3.05, 3.63) is 53.6 Å². The van der Waals surface area contributed by atoms with Crippen LogP contribution in [-0.2, 0) is 11.2 Å². The topological polar surface area (TPSA) is 90.8 Å². The van der Waals surface area contributed by atoms with Crippen LogP contribution in [0.15, 0.2) is 42.5 Å². The van der Waals surface area contributed by atoms with Crippen molar-refractivity contribution in [2.75, 3.05) is 19.0 Å². The van der Waals surface area contributed by atoms with Gasteiger partial charge in [0, 0.05) is 19.5 Å². The van der Waals surface area contributed by atoms with Gasteiger partial charge in [-0.1, -0.05) is 18.2 Å². The van der Waals surface area contributed by atoms with Gasteiger partial charge in [0.15, 0.2) is 0 Å². The average Bonchev–Trinajstić information content (AvgIpc) is 2.62. The maximum Gasteiger partial charge on any atom is 0.221 e. The number of methoxy groups -OCH3 is 1. The van der Waals surface area contributed by atoms with Crippen LogP contribution in [0, 0.1) is 0 Å². The highest BCUT2D eigenvalue weighted by Gasteiger charge is 2.13. The van der Waals surface area contributed by atoms with Crippen molar-refractivity contribution in [3.8, 4) is 11.5 Å². The lowest BCUT2D eigenvalue weighted by molar-refractivity contribution is -0.114. The van der Waals surface area contributed by atoms with Gasteiger partial charge in [-0.3, -0.25) is 4.79 Å². The first-order valence-electron chi connectivity index (χ1n) is 8.54. The van der Waals surface area contributed by atoms with Gasteiger partial charge in [-0.2, -0.15) is 0 Å². The summed E-state index contributed by atoms with van der Waals surface area (Å²) in [4.78, 5) is 11.2. The summed E-state index contributed by atoms with van der Waals surface area (Å²) in [7, 11) is 1.64. The van der Waals surface area contributed by atoms with E-state index < -0.39 is 6.10 Å². The molecular formula is C20H26N2O4. The zero-order chi connectivity index (χ0) is 19.1. The van der Waals surface area contributed by atoms with Gasteiger partial charge in [0.1, 0.15) is 11.5 Å². The smallest absolute Gasteiger partial charge is 0.221 e. The Balaban J connectivity index is 1.90. The Morgan fingerprint density at radius 1 is 1.19 bits per heavy atom. The Bertz CT molecular complexity index is 731. The fourth-order valence-electron chi connectivity index (χ4n) is 2.67. The second-order valence-corrected chi connectivity index (χ2v) is 6.34. The number of amides is 1. The molecule has 2 aromatic rings. The number of phenols is 1. The second kappa shape index (κ2) is 9.22. The van der Waals surface area contributed by atoms with Crippen LogP contribution in [0.1, 0.15) is 31.1 Å². The Hall–Kier alpha value is -2.57. The number of benzene rings is 2. The highest BCUT2D eigenvalue weighted by Crippen LogP contribution is 2.27. The zero-order valence-corrected chi connectivity index (χ0v) is 15.3. The average molecular weight is 358 g/mol. The molecule has 0 unspecified atom stereocenters. The van der Waals surface area contributed by atoms with E-state index in [0.717, 1.165) is 12.2 Å². The number of aliphatic hydroxyl groups is 1. The van der Waals surface area contributed by atoms with Crippen molar-refractivity contribution >= 4 is 11.6 Å². The number of rotatable bonds is 8. The number of carbonyl (C=O) groups excluding carboxylic acids is 1. The van der Waals surface area contributed by atoms with Crippen molar-refractivity contribution in [2.24, 2.45) is 0 Å². The third-order valence-electron chi connectivity index (χ3n) is 4.08. The van der Waals surface area contributed by atoms with Gasteiger partial charge in [-0.15, -0.1) is 0 Å². The van der Waals surface area contributed by atoms with Crippen molar-refractivity contribution in [2.45, 2.75) is 32.4 Å². The predicted molar refractivity (Wildman–Crippen MR) is 102 cm³/mol. The van der Waals surface area contributed by atoms with Crippen molar-refractivity contribution in [1.82, 2.24) is 5.32 Å². The summed E-state index contributed by atoms with van der Waals surface area (Å²) in [5.74, 6) is 0.516. The van der Waals surface area contributed by atoms with Crippen LogP contribution in [0.3, 0.4) is 0 Å². The molecule has 1 amide bonds. The molecule has 0 spiro atoms. The second-order valence-electron chi connectivity index (χ2n) is 6.34. The summed E-state index contributed by atoms with van der Waals surface area (Å²) in [6.45, 7) is 3.78. The van der Waals surface area contributed by atoms with E-state index >= 15 is 0 Å². The van der Waals surface area contributed by atoms with Gasteiger partial charge in [-0.25, -0.2) is 0 Å². The van der Waals surface area contributed by atoms with Crippen molar-refractivity contribution in [1.29, 1.82) is 0 Å². The molecule has 0 saturated heterocycles. The molecule has 4 N–H and O–H groups in total. The number of phenolic OH excluding ortho intramolecular Hbond substituents is 1. The minimum Gasteiger partial charge on any atom is -0.506 e. The number of anilines is 1. The van der Waals surface area contributed by atoms with Gasteiger partial charge in [0.25, 0.3) is 0 Å². The number of carbonyl (C=O) groups is 1. The van der Waals surface area contributed by atoms with E-state index in [4.69, 9.17) is 4.74 Å². The molecule has 0 saturated carbocycles. The summed E-state index contributed by atoms with van der Waals surface area (Å²) in [5.41, 5.74) is 2.09. The van der Waals surface area contributed by atoms with Crippen molar-refractivity contribution in [3.63, 3.8) is 0 Å². The third kappa shape index (κ3) is 5.75. The van der Waals surface area contributed by atoms with E-state index in [-0.39, 0.29) is 17.7 Å². The number of hydrogen-bond acceptors (Lipinski definition) is 5. The van der Waals surface area contributed by atoms with Gasteiger partial charge < -0.3 is 25.6 Å². The number of ether oxygens (including phenoxy) is 1. The minimum atomic E-state index is -0.749. The van der Waals surface area contributed by atoms with Crippen molar-refractivity contribution < 1.29 is 19.7 Å². The molecule has 140 valence electrons. The summed E-state index contributed by atoms with van der Waals surface area (Å²) >= 11 is 0. The van der Waals surface area contributed by atoms with Crippen LogP contribution >= 0.6 is 0 Å². The van der Waals surface area contributed by atoms with Crippen LogP contribution < -0.4 is 15.4 Å². The van der Waals surface area contributed by atoms with E-state index in [2.05, 4.69) is 17.6 Å². The van der Waals surface area contributed by atoms with Crippen LogP contribution in [-0.4, -0.2) is 35.8 Å². The molecule has 2 aromatic carbocycles. The Labute approximate surface area is 153 Å². The first-order chi connectivity index (χ1) is 12.4. The molecule has 2 rings (SSSR count). The fraction of sp³-hybridized carbons (Fsp3) is 0.350. The molecule has 0 aromatic heterocycles. The van der Waals surface area contributed by atoms with E-state index in [1.807, 2.05) is 24.3 Å². The van der Waals surface area contributed by atoms with E-state index in [0.29, 0.717) is 17.8 Å². The highest BCUT2D eigenvalue weighted by atomic mass is 16.5.